The van der Waals surface area contributed by atoms with Crippen LogP contribution in [0.3, 0.4) is 0 Å². The number of amides is 2. The maximum atomic E-state index is 14.3. The zero-order valence-corrected chi connectivity index (χ0v) is 20.0. The molecule has 0 fully saturated rings. The van der Waals surface area contributed by atoms with Crippen LogP contribution >= 0.6 is 11.6 Å². The summed E-state index contributed by atoms with van der Waals surface area (Å²) in [5, 5.41) is 3.07. The van der Waals surface area contributed by atoms with E-state index in [4.69, 9.17) is 11.6 Å². The normalized spacial score (nSPS) is 12.2. The Labute approximate surface area is 193 Å². The fourth-order valence-electron chi connectivity index (χ4n) is 3.21. The van der Waals surface area contributed by atoms with Crippen LogP contribution in [0.1, 0.15) is 25.0 Å². The molecule has 0 saturated heterocycles. The van der Waals surface area contributed by atoms with Crippen molar-refractivity contribution in [3.8, 4) is 0 Å². The van der Waals surface area contributed by atoms with Crippen LogP contribution in [0.15, 0.2) is 42.5 Å². The Balaban J connectivity index is 2.43. The third-order valence-corrected chi connectivity index (χ3v) is 6.29. The minimum atomic E-state index is -3.85. The van der Waals surface area contributed by atoms with Crippen molar-refractivity contribution in [2.75, 3.05) is 23.7 Å². The molecule has 2 amide bonds. The lowest BCUT2D eigenvalue weighted by atomic mass is 10.1. The minimum Gasteiger partial charge on any atom is -0.355 e. The number of hydrogen-bond acceptors (Lipinski definition) is 4. The molecule has 0 aromatic heterocycles. The standard InChI is InChI=1S/C22H27ClFN3O4S/c1-5-25-22(29)16(3)26(13-17-8-6-7-9-19(17)24)21(28)14-27(32(4,30)31)20-11-10-18(23)12-15(20)2/h6-12,16H,5,13-14H2,1-4H3,(H,25,29). The summed E-state index contributed by atoms with van der Waals surface area (Å²) in [6.07, 6.45) is 0.989. The number of hydrogen-bond donors (Lipinski definition) is 1. The third kappa shape index (κ3) is 6.43. The van der Waals surface area contributed by atoms with Crippen LogP contribution in [0.2, 0.25) is 5.02 Å². The molecule has 2 rings (SSSR count). The lowest BCUT2D eigenvalue weighted by Gasteiger charge is -2.32. The van der Waals surface area contributed by atoms with Gasteiger partial charge in [-0.1, -0.05) is 29.8 Å². The molecule has 32 heavy (non-hydrogen) atoms. The Bertz CT molecular complexity index is 1090. The molecule has 0 radical (unpaired) electrons. The molecule has 174 valence electrons. The van der Waals surface area contributed by atoms with Gasteiger partial charge in [0.05, 0.1) is 11.9 Å². The van der Waals surface area contributed by atoms with E-state index in [9.17, 15) is 22.4 Å². The Morgan fingerprint density at radius 1 is 1.19 bits per heavy atom. The van der Waals surface area contributed by atoms with E-state index in [0.717, 1.165) is 10.6 Å². The predicted molar refractivity (Wildman–Crippen MR) is 123 cm³/mol. The maximum absolute atomic E-state index is 14.3. The molecule has 0 aliphatic rings. The van der Waals surface area contributed by atoms with Gasteiger partial charge in [0.25, 0.3) is 0 Å². The summed E-state index contributed by atoms with van der Waals surface area (Å²) in [4.78, 5) is 26.9. The van der Waals surface area contributed by atoms with Crippen molar-refractivity contribution in [3.63, 3.8) is 0 Å². The van der Waals surface area contributed by atoms with Gasteiger partial charge in [-0.3, -0.25) is 13.9 Å². The zero-order chi connectivity index (χ0) is 24.1. The smallest absolute Gasteiger partial charge is 0.244 e. The monoisotopic (exact) mass is 483 g/mol. The summed E-state index contributed by atoms with van der Waals surface area (Å²) in [6.45, 7) is 4.54. The van der Waals surface area contributed by atoms with Gasteiger partial charge in [-0.15, -0.1) is 0 Å². The third-order valence-electron chi connectivity index (χ3n) is 4.92. The fraction of sp³-hybridized carbons (Fsp3) is 0.364. The van der Waals surface area contributed by atoms with Gasteiger partial charge in [0.2, 0.25) is 21.8 Å². The van der Waals surface area contributed by atoms with Gasteiger partial charge in [-0.05, 0) is 50.6 Å². The number of halogens is 2. The van der Waals surface area contributed by atoms with Crippen LogP contribution in [0.25, 0.3) is 0 Å². The van der Waals surface area contributed by atoms with Crippen LogP contribution in [-0.4, -0.2) is 50.5 Å². The molecule has 7 nitrogen and oxygen atoms in total. The molecule has 2 aromatic rings. The minimum absolute atomic E-state index is 0.193. The van der Waals surface area contributed by atoms with E-state index >= 15 is 0 Å². The summed E-state index contributed by atoms with van der Waals surface area (Å²) in [5.41, 5.74) is 1.07. The van der Waals surface area contributed by atoms with Crippen molar-refractivity contribution >= 4 is 39.1 Å². The number of likely N-dealkylation sites (N-methyl/N-ethyl adjacent to an activating group) is 1. The molecular weight excluding hydrogens is 457 g/mol. The van der Waals surface area contributed by atoms with Gasteiger partial charge in [0.1, 0.15) is 18.4 Å². The van der Waals surface area contributed by atoms with E-state index in [1.54, 1.807) is 26.0 Å². The molecule has 2 aromatic carbocycles. The quantitative estimate of drug-likeness (QED) is 0.593. The van der Waals surface area contributed by atoms with Gasteiger partial charge in [0.15, 0.2) is 0 Å². The topological polar surface area (TPSA) is 86.8 Å². The Kier molecular flexibility index (Phi) is 8.63. The molecule has 10 heteroatoms. The first-order chi connectivity index (χ1) is 15.0. The molecule has 0 saturated carbocycles. The number of nitrogens with zero attached hydrogens (tertiary/aromatic N) is 2. The van der Waals surface area contributed by atoms with Crippen LogP contribution < -0.4 is 9.62 Å². The van der Waals surface area contributed by atoms with E-state index in [1.165, 1.54) is 42.2 Å². The van der Waals surface area contributed by atoms with E-state index < -0.39 is 40.2 Å². The first-order valence-corrected chi connectivity index (χ1v) is 12.2. The van der Waals surface area contributed by atoms with E-state index in [-0.39, 0.29) is 12.1 Å². The van der Waals surface area contributed by atoms with Crippen molar-refractivity contribution in [2.45, 2.75) is 33.4 Å². The number of benzene rings is 2. The summed E-state index contributed by atoms with van der Waals surface area (Å²) >= 11 is 5.98. The Hall–Kier alpha value is -2.65. The number of anilines is 1. The first kappa shape index (κ1) is 25.6. The average Bonchev–Trinajstić information content (AvgIpc) is 2.70. The number of nitrogens with one attached hydrogen (secondary N) is 1. The van der Waals surface area contributed by atoms with Crippen LogP contribution in [0, 0.1) is 12.7 Å². The lowest BCUT2D eigenvalue weighted by molar-refractivity contribution is -0.139. The number of aryl methyl sites for hydroxylation is 1. The van der Waals surface area contributed by atoms with E-state index in [2.05, 4.69) is 5.32 Å². The highest BCUT2D eigenvalue weighted by atomic mass is 35.5. The summed E-state index contributed by atoms with van der Waals surface area (Å²) in [6, 6.07) is 9.60. The van der Waals surface area contributed by atoms with Crippen molar-refractivity contribution in [1.29, 1.82) is 0 Å². The van der Waals surface area contributed by atoms with Crippen LogP contribution in [0.5, 0.6) is 0 Å². The summed E-state index contributed by atoms with van der Waals surface area (Å²) in [7, 11) is -3.85. The molecular formula is C22H27ClFN3O4S. The highest BCUT2D eigenvalue weighted by molar-refractivity contribution is 7.92. The Morgan fingerprint density at radius 3 is 2.41 bits per heavy atom. The molecule has 0 aliphatic carbocycles. The van der Waals surface area contributed by atoms with Crippen molar-refractivity contribution in [1.82, 2.24) is 10.2 Å². The van der Waals surface area contributed by atoms with E-state index in [1.807, 2.05) is 0 Å². The van der Waals surface area contributed by atoms with Crippen molar-refractivity contribution in [2.24, 2.45) is 0 Å². The van der Waals surface area contributed by atoms with Gasteiger partial charge >= 0.3 is 0 Å². The lowest BCUT2D eigenvalue weighted by Crippen LogP contribution is -2.51. The second-order valence-corrected chi connectivity index (χ2v) is 9.73. The molecule has 1 unspecified atom stereocenters. The molecule has 0 bridgehead atoms. The first-order valence-electron chi connectivity index (χ1n) is 10.00. The second-order valence-electron chi connectivity index (χ2n) is 7.38. The molecule has 0 spiro atoms. The van der Waals surface area contributed by atoms with Gasteiger partial charge in [-0.25, -0.2) is 12.8 Å². The van der Waals surface area contributed by atoms with Crippen LogP contribution in [0.4, 0.5) is 10.1 Å². The molecule has 1 N–H and O–H groups in total. The zero-order valence-electron chi connectivity index (χ0n) is 18.4. The number of sulfonamides is 1. The molecule has 0 aliphatic heterocycles. The van der Waals surface area contributed by atoms with Crippen molar-refractivity contribution < 1.29 is 22.4 Å². The summed E-state index contributed by atoms with van der Waals surface area (Å²) in [5.74, 6) is -1.60. The van der Waals surface area contributed by atoms with E-state index in [0.29, 0.717) is 22.8 Å². The van der Waals surface area contributed by atoms with Crippen molar-refractivity contribution in [3.05, 3.63) is 64.4 Å². The maximum Gasteiger partial charge on any atom is 0.244 e. The van der Waals surface area contributed by atoms with Gasteiger partial charge in [0, 0.05) is 23.7 Å². The molecule has 1 atom stereocenters. The largest absolute Gasteiger partial charge is 0.355 e. The Morgan fingerprint density at radius 2 is 1.84 bits per heavy atom. The van der Waals surface area contributed by atoms with Gasteiger partial charge in [-0.2, -0.15) is 0 Å². The highest BCUT2D eigenvalue weighted by Crippen LogP contribution is 2.26. The van der Waals surface area contributed by atoms with Crippen LogP contribution in [-0.2, 0) is 26.2 Å². The summed E-state index contributed by atoms with van der Waals surface area (Å²) < 4.78 is 40.3. The number of rotatable bonds is 9. The SMILES string of the molecule is CCNC(=O)C(C)N(Cc1ccccc1F)C(=O)CN(c1ccc(Cl)cc1C)S(C)(=O)=O. The second kappa shape index (κ2) is 10.8. The highest BCUT2D eigenvalue weighted by Gasteiger charge is 2.30. The number of carbonyl (C=O) groups is 2. The predicted octanol–water partition coefficient (Wildman–Crippen LogP) is 3.11. The average molecular weight is 484 g/mol. The molecule has 0 heterocycles. The fourth-order valence-corrected chi connectivity index (χ4v) is 4.34. The number of carbonyl (C=O) groups excluding carboxylic acids is 2. The van der Waals surface area contributed by atoms with Gasteiger partial charge < -0.3 is 10.2 Å².